The maximum Gasteiger partial charge on any atom is 0.230 e. The van der Waals surface area contributed by atoms with Crippen molar-refractivity contribution in [1.82, 2.24) is 10.3 Å². The van der Waals surface area contributed by atoms with Gasteiger partial charge in [-0.15, -0.1) is 0 Å². The number of aryl methyl sites for hydroxylation is 2. The van der Waals surface area contributed by atoms with E-state index >= 15 is 0 Å². The number of aromatic nitrogens is 1. The summed E-state index contributed by atoms with van der Waals surface area (Å²) in [6.07, 6.45) is 0. The monoisotopic (exact) mass is 316 g/mol. The van der Waals surface area contributed by atoms with Crippen molar-refractivity contribution in [2.45, 2.75) is 45.7 Å². The molecule has 22 heavy (non-hydrogen) atoms. The third-order valence-corrected chi connectivity index (χ3v) is 4.88. The number of amides is 1. The molecular weight excluding hydrogens is 292 g/mol. The molecule has 0 aliphatic carbocycles. The first-order valence-corrected chi connectivity index (χ1v) is 8.66. The molecule has 118 valence electrons. The van der Waals surface area contributed by atoms with Crippen molar-refractivity contribution in [2.75, 3.05) is 5.75 Å². The topological polar surface area (TPSA) is 42.0 Å². The molecule has 2 aromatic rings. The Morgan fingerprint density at radius 3 is 2.64 bits per heavy atom. The predicted octanol–water partition coefficient (Wildman–Crippen LogP) is 4.10. The van der Waals surface area contributed by atoms with E-state index in [4.69, 9.17) is 4.98 Å². The molecule has 0 spiro atoms. The van der Waals surface area contributed by atoms with E-state index < -0.39 is 0 Å². The Kier molecular flexibility index (Phi) is 5.46. The fourth-order valence-electron chi connectivity index (χ4n) is 2.21. The summed E-state index contributed by atoms with van der Waals surface area (Å²) in [5, 5.41) is 5.12. The summed E-state index contributed by atoms with van der Waals surface area (Å²) in [6.45, 7) is 10.4. The van der Waals surface area contributed by atoms with E-state index in [0.717, 1.165) is 10.5 Å². The van der Waals surface area contributed by atoms with Gasteiger partial charge in [0.2, 0.25) is 5.91 Å². The summed E-state index contributed by atoms with van der Waals surface area (Å²) < 4.78 is 0. The van der Waals surface area contributed by atoms with Gasteiger partial charge in [-0.05, 0) is 43.9 Å². The van der Waals surface area contributed by atoms with Crippen molar-refractivity contribution in [3.05, 3.63) is 35.4 Å². The van der Waals surface area contributed by atoms with E-state index in [9.17, 15) is 4.79 Å². The van der Waals surface area contributed by atoms with Gasteiger partial charge in [-0.2, -0.15) is 0 Å². The van der Waals surface area contributed by atoms with Gasteiger partial charge in [0, 0.05) is 11.4 Å². The molecule has 0 bridgehead atoms. The molecular formula is C18H24N2OS. The average molecular weight is 316 g/mol. The minimum atomic E-state index is 0.0653. The second-order valence-electron chi connectivity index (χ2n) is 6.14. The fourth-order valence-corrected chi connectivity index (χ4v) is 2.98. The Hall–Kier alpha value is -1.55. The van der Waals surface area contributed by atoms with Gasteiger partial charge in [0.15, 0.2) is 0 Å². The summed E-state index contributed by atoms with van der Waals surface area (Å²) >= 11 is 1.50. The number of fused-ring (bicyclic) bond motifs is 1. The molecule has 1 amide bonds. The molecule has 1 aromatic heterocycles. The highest BCUT2D eigenvalue weighted by Gasteiger charge is 2.12. The normalized spacial score (nSPS) is 12.6. The highest BCUT2D eigenvalue weighted by molar-refractivity contribution is 7.99. The van der Waals surface area contributed by atoms with Gasteiger partial charge >= 0.3 is 0 Å². The Labute approximate surface area is 136 Å². The quantitative estimate of drug-likeness (QED) is 0.844. The maximum atomic E-state index is 12.0. The molecule has 1 N–H and O–H groups in total. The molecule has 2 rings (SSSR count). The third-order valence-electron chi connectivity index (χ3n) is 3.96. The number of nitrogens with zero attached hydrogens (tertiary/aromatic N) is 1. The minimum absolute atomic E-state index is 0.0653. The highest BCUT2D eigenvalue weighted by atomic mass is 32.2. The van der Waals surface area contributed by atoms with Crippen LogP contribution in [0.3, 0.4) is 0 Å². The number of nitrogens with one attached hydrogen (secondary N) is 1. The van der Waals surface area contributed by atoms with E-state index in [2.05, 4.69) is 57.3 Å². The first-order chi connectivity index (χ1) is 10.4. The van der Waals surface area contributed by atoms with Crippen LogP contribution in [0.2, 0.25) is 0 Å². The van der Waals surface area contributed by atoms with Gasteiger partial charge < -0.3 is 5.32 Å². The Balaban J connectivity index is 2.09. The molecule has 0 aliphatic rings. The molecule has 0 unspecified atom stereocenters. The highest BCUT2D eigenvalue weighted by Crippen LogP contribution is 2.25. The number of hydrogen-bond donors (Lipinski definition) is 1. The van der Waals surface area contributed by atoms with Crippen LogP contribution < -0.4 is 5.32 Å². The molecule has 0 fully saturated rings. The fraction of sp³-hybridized carbons (Fsp3) is 0.444. The van der Waals surface area contributed by atoms with Gasteiger partial charge in [-0.1, -0.05) is 43.8 Å². The standard InChI is InChI=1S/C18H24N2OS/c1-11(2)14(5)19-16(21)10-22-17-9-13(4)15-8-6-7-12(3)18(15)20-17/h6-9,11,14H,10H2,1-5H3,(H,19,21)/t14-/m0/s1. The Morgan fingerprint density at radius 1 is 1.23 bits per heavy atom. The van der Waals surface area contributed by atoms with E-state index in [-0.39, 0.29) is 11.9 Å². The van der Waals surface area contributed by atoms with Crippen LogP contribution in [-0.2, 0) is 4.79 Å². The van der Waals surface area contributed by atoms with Crippen molar-refractivity contribution in [2.24, 2.45) is 5.92 Å². The summed E-state index contributed by atoms with van der Waals surface area (Å²) in [4.78, 5) is 16.7. The van der Waals surface area contributed by atoms with Crippen LogP contribution in [0.25, 0.3) is 10.9 Å². The summed E-state index contributed by atoms with van der Waals surface area (Å²) in [7, 11) is 0. The molecule has 3 nitrogen and oxygen atoms in total. The van der Waals surface area contributed by atoms with Gasteiger partial charge in [-0.3, -0.25) is 4.79 Å². The first-order valence-electron chi connectivity index (χ1n) is 7.67. The average Bonchev–Trinajstić information content (AvgIpc) is 2.46. The molecule has 0 saturated carbocycles. The van der Waals surface area contributed by atoms with Crippen LogP contribution in [0.1, 0.15) is 31.9 Å². The van der Waals surface area contributed by atoms with Crippen LogP contribution >= 0.6 is 11.8 Å². The van der Waals surface area contributed by atoms with Crippen LogP contribution in [0.15, 0.2) is 29.3 Å². The van der Waals surface area contributed by atoms with Gasteiger partial charge in [-0.25, -0.2) is 4.98 Å². The SMILES string of the molecule is Cc1cc(SCC(=O)N[C@@H](C)C(C)C)nc2c(C)cccc12. The Bertz CT molecular complexity index is 682. The second kappa shape index (κ2) is 7.14. The smallest absolute Gasteiger partial charge is 0.230 e. The van der Waals surface area contributed by atoms with Crippen molar-refractivity contribution < 1.29 is 4.79 Å². The zero-order valence-electron chi connectivity index (χ0n) is 13.9. The van der Waals surface area contributed by atoms with E-state index in [1.165, 1.54) is 28.3 Å². The van der Waals surface area contributed by atoms with Gasteiger partial charge in [0.1, 0.15) is 0 Å². The number of carbonyl (C=O) groups excluding carboxylic acids is 1. The largest absolute Gasteiger partial charge is 0.353 e. The predicted molar refractivity (Wildman–Crippen MR) is 94.4 cm³/mol. The van der Waals surface area contributed by atoms with E-state index in [1.54, 1.807) is 0 Å². The molecule has 0 saturated heterocycles. The molecule has 0 aliphatic heterocycles. The lowest BCUT2D eigenvalue weighted by atomic mass is 10.1. The van der Waals surface area contributed by atoms with Gasteiger partial charge in [0.05, 0.1) is 16.3 Å². The number of para-hydroxylation sites is 1. The number of hydrogen-bond acceptors (Lipinski definition) is 3. The lowest BCUT2D eigenvalue weighted by molar-refractivity contribution is -0.119. The number of carbonyl (C=O) groups is 1. The van der Waals surface area contributed by atoms with Gasteiger partial charge in [0.25, 0.3) is 0 Å². The lowest BCUT2D eigenvalue weighted by Crippen LogP contribution is -2.37. The number of pyridine rings is 1. The summed E-state index contributed by atoms with van der Waals surface area (Å²) in [5.74, 6) is 0.911. The first kappa shape index (κ1) is 16.8. The minimum Gasteiger partial charge on any atom is -0.353 e. The summed E-state index contributed by atoms with van der Waals surface area (Å²) in [5.41, 5.74) is 3.40. The Morgan fingerprint density at radius 2 is 1.95 bits per heavy atom. The van der Waals surface area contributed by atoms with Crippen molar-refractivity contribution in [3.63, 3.8) is 0 Å². The summed E-state index contributed by atoms with van der Waals surface area (Å²) in [6, 6.07) is 8.48. The maximum absolute atomic E-state index is 12.0. The van der Waals surface area contributed by atoms with Crippen LogP contribution in [-0.4, -0.2) is 22.7 Å². The zero-order valence-corrected chi connectivity index (χ0v) is 14.8. The molecule has 0 radical (unpaired) electrons. The van der Waals surface area contributed by atoms with Crippen molar-refractivity contribution >= 4 is 28.6 Å². The molecule has 1 heterocycles. The zero-order chi connectivity index (χ0) is 16.3. The van der Waals surface area contributed by atoms with Crippen LogP contribution in [0.4, 0.5) is 0 Å². The van der Waals surface area contributed by atoms with E-state index in [0.29, 0.717) is 11.7 Å². The number of rotatable bonds is 5. The molecule has 1 atom stereocenters. The number of benzene rings is 1. The van der Waals surface area contributed by atoms with Crippen LogP contribution in [0, 0.1) is 19.8 Å². The third kappa shape index (κ3) is 4.01. The second-order valence-corrected chi connectivity index (χ2v) is 7.13. The van der Waals surface area contributed by atoms with Crippen molar-refractivity contribution in [1.29, 1.82) is 0 Å². The lowest BCUT2D eigenvalue weighted by Gasteiger charge is -2.17. The van der Waals surface area contributed by atoms with Crippen molar-refractivity contribution in [3.8, 4) is 0 Å². The molecule has 4 heteroatoms. The molecule has 1 aromatic carbocycles. The van der Waals surface area contributed by atoms with Crippen LogP contribution in [0.5, 0.6) is 0 Å². The van der Waals surface area contributed by atoms with E-state index in [1.807, 2.05) is 6.92 Å². The number of thioether (sulfide) groups is 1.